The number of hydrogen-bond donors (Lipinski definition) is 1. The minimum atomic E-state index is -0.163. The molecule has 1 amide bonds. The third kappa shape index (κ3) is 4.09. The first-order valence-electron chi connectivity index (χ1n) is 9.51. The van der Waals surface area contributed by atoms with Gasteiger partial charge in [0.1, 0.15) is 5.69 Å². The maximum Gasteiger partial charge on any atom is 0.255 e. The Bertz CT molecular complexity index is 1130. The van der Waals surface area contributed by atoms with Crippen LogP contribution in [-0.4, -0.2) is 20.7 Å². The monoisotopic (exact) mass is 382 g/mol. The van der Waals surface area contributed by atoms with Crippen LogP contribution in [0.5, 0.6) is 0 Å². The second kappa shape index (κ2) is 8.10. The first-order chi connectivity index (χ1) is 14.1. The summed E-state index contributed by atoms with van der Waals surface area (Å²) < 4.78 is 1.75. The molecule has 144 valence electrons. The van der Waals surface area contributed by atoms with Crippen molar-refractivity contribution in [3.8, 4) is 16.9 Å². The summed E-state index contributed by atoms with van der Waals surface area (Å²) in [6.07, 6.45) is 5.25. The minimum Gasteiger partial charge on any atom is -0.348 e. The van der Waals surface area contributed by atoms with Gasteiger partial charge < -0.3 is 5.32 Å². The van der Waals surface area contributed by atoms with Crippen LogP contribution in [0.25, 0.3) is 16.9 Å². The van der Waals surface area contributed by atoms with E-state index in [1.165, 1.54) is 11.1 Å². The van der Waals surface area contributed by atoms with Gasteiger partial charge in [0.15, 0.2) is 0 Å². The zero-order valence-corrected chi connectivity index (χ0v) is 16.5. The summed E-state index contributed by atoms with van der Waals surface area (Å²) >= 11 is 0. The smallest absolute Gasteiger partial charge is 0.255 e. The van der Waals surface area contributed by atoms with Crippen LogP contribution in [0.1, 0.15) is 27.0 Å². The van der Waals surface area contributed by atoms with Gasteiger partial charge >= 0.3 is 0 Å². The van der Waals surface area contributed by atoms with E-state index in [0.29, 0.717) is 17.8 Å². The lowest BCUT2D eigenvalue weighted by Gasteiger charge is -2.07. The second-order valence-electron chi connectivity index (χ2n) is 7.01. The van der Waals surface area contributed by atoms with Crippen molar-refractivity contribution in [2.24, 2.45) is 0 Å². The van der Waals surface area contributed by atoms with Gasteiger partial charge in [0.2, 0.25) is 0 Å². The summed E-state index contributed by atoms with van der Waals surface area (Å²) in [5, 5.41) is 7.72. The molecule has 0 saturated heterocycles. The number of carbonyl (C=O) groups excluding carboxylic acids is 1. The molecule has 2 aromatic heterocycles. The first-order valence-corrected chi connectivity index (χ1v) is 9.51. The van der Waals surface area contributed by atoms with Crippen LogP contribution in [0.4, 0.5) is 0 Å². The molecule has 29 heavy (non-hydrogen) atoms. The van der Waals surface area contributed by atoms with Gasteiger partial charge in [0.05, 0.1) is 11.3 Å². The van der Waals surface area contributed by atoms with Crippen LogP contribution in [0.3, 0.4) is 0 Å². The molecule has 2 heterocycles. The summed E-state index contributed by atoms with van der Waals surface area (Å²) in [7, 11) is 0. The van der Waals surface area contributed by atoms with Crippen molar-refractivity contribution in [3.63, 3.8) is 0 Å². The molecule has 4 rings (SSSR count). The van der Waals surface area contributed by atoms with E-state index >= 15 is 0 Å². The van der Waals surface area contributed by atoms with Crippen LogP contribution >= 0.6 is 0 Å². The number of pyridine rings is 1. The molecule has 5 heteroatoms. The molecular weight excluding hydrogens is 360 g/mol. The molecule has 1 N–H and O–H groups in total. The molecule has 0 bridgehead atoms. The van der Waals surface area contributed by atoms with Crippen molar-refractivity contribution in [1.29, 1.82) is 0 Å². The number of rotatable bonds is 5. The van der Waals surface area contributed by atoms with E-state index in [1.807, 2.05) is 48.5 Å². The largest absolute Gasteiger partial charge is 0.348 e. The number of nitrogens with zero attached hydrogens (tertiary/aromatic N) is 3. The Labute approximate surface area is 170 Å². The Balaban J connectivity index is 1.71. The van der Waals surface area contributed by atoms with Crippen molar-refractivity contribution in [2.75, 3.05) is 0 Å². The van der Waals surface area contributed by atoms with Gasteiger partial charge in [-0.05, 0) is 54.8 Å². The topological polar surface area (TPSA) is 59.8 Å². The summed E-state index contributed by atoms with van der Waals surface area (Å²) in [6, 6.07) is 19.7. The highest BCUT2D eigenvalue weighted by atomic mass is 16.1. The summed E-state index contributed by atoms with van der Waals surface area (Å²) in [6.45, 7) is 4.55. The predicted octanol–water partition coefficient (Wildman–Crippen LogP) is 4.48. The SMILES string of the molecule is Cc1ccc(-c2nn(-c3ccccc3)cc2C(=O)NCc2cccnc2)cc1C. The van der Waals surface area contributed by atoms with Crippen LogP contribution in [0.2, 0.25) is 0 Å². The van der Waals surface area contributed by atoms with E-state index < -0.39 is 0 Å². The highest BCUT2D eigenvalue weighted by Crippen LogP contribution is 2.26. The lowest BCUT2D eigenvalue weighted by atomic mass is 10.0. The molecule has 0 atom stereocenters. The normalized spacial score (nSPS) is 10.7. The van der Waals surface area contributed by atoms with Crippen molar-refractivity contribution in [2.45, 2.75) is 20.4 Å². The molecule has 0 saturated carbocycles. The van der Waals surface area contributed by atoms with Gasteiger partial charge in [-0.2, -0.15) is 5.10 Å². The Morgan fingerprint density at radius 2 is 1.83 bits per heavy atom. The van der Waals surface area contributed by atoms with Crippen molar-refractivity contribution in [1.82, 2.24) is 20.1 Å². The molecule has 0 unspecified atom stereocenters. The van der Waals surface area contributed by atoms with E-state index in [1.54, 1.807) is 23.3 Å². The predicted molar refractivity (Wildman–Crippen MR) is 114 cm³/mol. The zero-order valence-electron chi connectivity index (χ0n) is 16.5. The Morgan fingerprint density at radius 3 is 2.55 bits per heavy atom. The third-order valence-electron chi connectivity index (χ3n) is 4.94. The van der Waals surface area contributed by atoms with Crippen LogP contribution in [-0.2, 0) is 6.54 Å². The molecule has 0 aliphatic carbocycles. The van der Waals surface area contributed by atoms with Gasteiger partial charge in [-0.25, -0.2) is 4.68 Å². The van der Waals surface area contributed by atoms with Crippen LogP contribution in [0.15, 0.2) is 79.3 Å². The molecule has 0 radical (unpaired) electrons. The zero-order chi connectivity index (χ0) is 20.2. The number of carbonyl (C=O) groups is 1. The van der Waals surface area contributed by atoms with Crippen LogP contribution < -0.4 is 5.32 Å². The van der Waals surface area contributed by atoms with Crippen LogP contribution in [0, 0.1) is 13.8 Å². The fourth-order valence-corrected chi connectivity index (χ4v) is 3.14. The number of para-hydroxylation sites is 1. The number of benzene rings is 2. The van der Waals surface area contributed by atoms with Crippen molar-refractivity contribution < 1.29 is 4.79 Å². The lowest BCUT2D eigenvalue weighted by Crippen LogP contribution is -2.23. The fraction of sp³-hybridized carbons (Fsp3) is 0.125. The van der Waals surface area contributed by atoms with Gasteiger partial charge in [-0.15, -0.1) is 0 Å². The number of hydrogen-bond acceptors (Lipinski definition) is 3. The molecule has 2 aromatic carbocycles. The number of nitrogens with one attached hydrogen (secondary N) is 1. The Kier molecular flexibility index (Phi) is 5.20. The number of amides is 1. The second-order valence-corrected chi connectivity index (χ2v) is 7.01. The maximum absolute atomic E-state index is 13.0. The summed E-state index contributed by atoms with van der Waals surface area (Å²) in [4.78, 5) is 17.1. The van der Waals surface area contributed by atoms with E-state index in [-0.39, 0.29) is 5.91 Å². The minimum absolute atomic E-state index is 0.163. The number of aryl methyl sites for hydroxylation is 2. The molecular formula is C24H22N4O. The molecule has 0 aliphatic heterocycles. The van der Waals surface area contributed by atoms with E-state index in [0.717, 1.165) is 16.8 Å². The lowest BCUT2D eigenvalue weighted by molar-refractivity contribution is 0.0951. The van der Waals surface area contributed by atoms with Gasteiger partial charge in [-0.1, -0.05) is 36.4 Å². The average Bonchev–Trinajstić information content (AvgIpc) is 3.21. The van der Waals surface area contributed by atoms with Gasteiger partial charge in [-0.3, -0.25) is 9.78 Å². The molecule has 0 spiro atoms. The number of aromatic nitrogens is 3. The third-order valence-corrected chi connectivity index (χ3v) is 4.94. The van der Waals surface area contributed by atoms with E-state index in [2.05, 4.69) is 36.3 Å². The molecule has 4 aromatic rings. The van der Waals surface area contributed by atoms with E-state index in [9.17, 15) is 4.79 Å². The Hall–Kier alpha value is -3.73. The van der Waals surface area contributed by atoms with Crippen molar-refractivity contribution in [3.05, 3.63) is 102 Å². The van der Waals surface area contributed by atoms with Crippen molar-refractivity contribution >= 4 is 5.91 Å². The summed E-state index contributed by atoms with van der Waals surface area (Å²) in [5.74, 6) is -0.163. The average molecular weight is 382 g/mol. The van der Waals surface area contributed by atoms with Gasteiger partial charge in [0.25, 0.3) is 5.91 Å². The highest BCUT2D eigenvalue weighted by molar-refractivity contribution is 6.00. The quantitative estimate of drug-likeness (QED) is 0.554. The Morgan fingerprint density at radius 1 is 1.00 bits per heavy atom. The summed E-state index contributed by atoms with van der Waals surface area (Å²) in [5.41, 5.74) is 6.36. The fourth-order valence-electron chi connectivity index (χ4n) is 3.14. The van der Waals surface area contributed by atoms with Gasteiger partial charge in [0, 0.05) is 30.7 Å². The molecule has 5 nitrogen and oxygen atoms in total. The maximum atomic E-state index is 13.0. The molecule has 0 fully saturated rings. The molecule has 0 aliphatic rings. The first kappa shape index (κ1) is 18.6. The standard InChI is InChI=1S/C24H22N4O/c1-17-10-11-20(13-18(17)2)23-22(16-28(27-23)21-8-4-3-5-9-21)24(29)26-15-19-7-6-12-25-14-19/h3-14,16H,15H2,1-2H3,(H,26,29). The van der Waals surface area contributed by atoms with E-state index in [4.69, 9.17) is 5.10 Å². The highest BCUT2D eigenvalue weighted by Gasteiger charge is 2.19.